The van der Waals surface area contributed by atoms with E-state index in [1.165, 1.54) is 24.1 Å². The molecule has 0 aliphatic heterocycles. The Morgan fingerprint density at radius 3 is 2.07 bits per heavy atom. The molecule has 4 aromatic rings. The van der Waals surface area contributed by atoms with Gasteiger partial charge >= 0.3 is 0 Å². The van der Waals surface area contributed by atoms with Gasteiger partial charge in [-0.25, -0.2) is 8.42 Å². The maximum absolute atomic E-state index is 14.5. The van der Waals surface area contributed by atoms with Crippen molar-refractivity contribution in [3.05, 3.63) is 125 Å². The van der Waals surface area contributed by atoms with Crippen LogP contribution in [0.5, 0.6) is 5.75 Å². The van der Waals surface area contributed by atoms with Crippen molar-refractivity contribution >= 4 is 43.5 Å². The normalized spacial score (nSPS) is 11.9. The number of sulfonamides is 1. The first-order valence-electron chi connectivity index (χ1n) is 14.7. The summed E-state index contributed by atoms with van der Waals surface area (Å²) in [6.45, 7) is 4.01. The molecule has 0 bridgehead atoms. The van der Waals surface area contributed by atoms with Gasteiger partial charge in [-0.05, 0) is 65.6 Å². The Morgan fingerprint density at radius 1 is 0.844 bits per heavy atom. The van der Waals surface area contributed by atoms with Crippen molar-refractivity contribution in [2.24, 2.45) is 5.92 Å². The Balaban J connectivity index is 1.78. The quantitative estimate of drug-likeness (QED) is 0.173. The van der Waals surface area contributed by atoms with Crippen LogP contribution in [0.1, 0.15) is 25.0 Å². The van der Waals surface area contributed by atoms with Gasteiger partial charge in [0.05, 0.1) is 17.7 Å². The number of halogens is 1. The van der Waals surface area contributed by atoms with Gasteiger partial charge in [0.2, 0.25) is 11.8 Å². The third-order valence-electron chi connectivity index (χ3n) is 7.17. The molecule has 4 rings (SSSR count). The highest BCUT2D eigenvalue weighted by Crippen LogP contribution is 2.26. The Hall–Kier alpha value is -4.15. The van der Waals surface area contributed by atoms with Gasteiger partial charge in [0.1, 0.15) is 18.3 Å². The fraction of sp³-hybridized carbons (Fsp3) is 0.257. The molecule has 0 aromatic heterocycles. The van der Waals surface area contributed by atoms with Crippen molar-refractivity contribution in [2.75, 3.05) is 24.5 Å². The lowest BCUT2D eigenvalue weighted by molar-refractivity contribution is -0.140. The number of hydrogen-bond donors (Lipinski definition) is 1. The topological polar surface area (TPSA) is 96.0 Å². The molecule has 10 heteroatoms. The lowest BCUT2D eigenvalue weighted by Gasteiger charge is -2.34. The van der Waals surface area contributed by atoms with E-state index in [9.17, 15) is 18.0 Å². The predicted molar refractivity (Wildman–Crippen MR) is 180 cm³/mol. The summed E-state index contributed by atoms with van der Waals surface area (Å²) in [7, 11) is -2.69. The Labute approximate surface area is 274 Å². The lowest BCUT2D eigenvalue weighted by Crippen LogP contribution is -2.53. The Morgan fingerprint density at radius 2 is 1.47 bits per heavy atom. The highest BCUT2D eigenvalue weighted by Gasteiger charge is 2.34. The smallest absolute Gasteiger partial charge is 0.264 e. The zero-order chi connectivity index (χ0) is 32.4. The van der Waals surface area contributed by atoms with Crippen molar-refractivity contribution in [1.82, 2.24) is 10.2 Å². The molecule has 1 unspecified atom stereocenters. The highest BCUT2D eigenvalue weighted by atomic mass is 79.9. The molecule has 1 atom stereocenters. The Bertz CT molecular complexity index is 1670. The second-order valence-electron chi connectivity index (χ2n) is 11.0. The largest absolute Gasteiger partial charge is 0.497 e. The molecule has 1 N–H and O–H groups in total. The molecular weight excluding hydrogens is 654 g/mol. The molecule has 0 spiro atoms. The summed E-state index contributed by atoms with van der Waals surface area (Å²) in [4.78, 5) is 29.8. The van der Waals surface area contributed by atoms with Crippen LogP contribution in [-0.2, 0) is 32.6 Å². The van der Waals surface area contributed by atoms with Gasteiger partial charge in [-0.1, -0.05) is 90.4 Å². The van der Waals surface area contributed by atoms with Crippen LogP contribution in [0.4, 0.5) is 5.69 Å². The minimum atomic E-state index is -4.19. The van der Waals surface area contributed by atoms with E-state index in [0.717, 1.165) is 19.9 Å². The first kappa shape index (κ1) is 33.7. The molecule has 0 fully saturated rings. The van der Waals surface area contributed by atoms with Crippen LogP contribution in [0.15, 0.2) is 119 Å². The minimum Gasteiger partial charge on any atom is -0.497 e. The van der Waals surface area contributed by atoms with Crippen molar-refractivity contribution in [1.29, 1.82) is 0 Å². The average molecular weight is 693 g/mol. The maximum Gasteiger partial charge on any atom is 0.264 e. The summed E-state index contributed by atoms with van der Waals surface area (Å²) in [6, 6.07) is 30.6. The fourth-order valence-electron chi connectivity index (χ4n) is 4.81. The first-order valence-corrected chi connectivity index (χ1v) is 16.9. The van der Waals surface area contributed by atoms with E-state index >= 15 is 0 Å². The van der Waals surface area contributed by atoms with Crippen LogP contribution in [0.25, 0.3) is 0 Å². The van der Waals surface area contributed by atoms with Crippen molar-refractivity contribution in [2.45, 2.75) is 37.8 Å². The zero-order valence-electron chi connectivity index (χ0n) is 25.6. The van der Waals surface area contributed by atoms with E-state index in [0.29, 0.717) is 18.0 Å². The highest BCUT2D eigenvalue weighted by molar-refractivity contribution is 9.10. The molecule has 0 radical (unpaired) electrons. The monoisotopic (exact) mass is 691 g/mol. The summed E-state index contributed by atoms with van der Waals surface area (Å²) in [5.74, 6) is -0.117. The number of nitrogens with one attached hydrogen (secondary N) is 1. The van der Waals surface area contributed by atoms with Gasteiger partial charge in [0.25, 0.3) is 10.0 Å². The first-order chi connectivity index (χ1) is 21.6. The fourth-order valence-corrected chi connectivity index (χ4v) is 6.67. The number of methoxy groups -OCH3 is 1. The van der Waals surface area contributed by atoms with E-state index in [4.69, 9.17) is 4.74 Å². The van der Waals surface area contributed by atoms with Crippen LogP contribution in [0, 0.1) is 5.92 Å². The van der Waals surface area contributed by atoms with E-state index in [1.807, 2.05) is 68.4 Å². The number of carbonyl (C=O) groups is 2. The molecular formula is C35H38BrN3O5S. The van der Waals surface area contributed by atoms with E-state index in [1.54, 1.807) is 42.5 Å². The van der Waals surface area contributed by atoms with E-state index in [2.05, 4.69) is 21.2 Å². The second kappa shape index (κ2) is 15.7. The summed E-state index contributed by atoms with van der Waals surface area (Å²) in [6.07, 6.45) is 0.251. The molecule has 2 amide bonds. The lowest BCUT2D eigenvalue weighted by atomic mass is 10.0. The van der Waals surface area contributed by atoms with Crippen LogP contribution in [0.3, 0.4) is 0 Å². The second-order valence-corrected chi connectivity index (χ2v) is 13.8. The molecule has 4 aromatic carbocycles. The molecule has 0 aliphatic carbocycles. The number of para-hydroxylation sites is 1. The molecule has 0 saturated heterocycles. The predicted octanol–water partition coefficient (Wildman–Crippen LogP) is 6.07. The SMILES string of the molecule is COc1ccc(S(=O)(=O)N(CC(=O)N(Cc2cccc(Br)c2)C(Cc2ccccc2)C(=O)NCC(C)C)c2ccccc2)cc1. The van der Waals surface area contributed by atoms with Crippen LogP contribution < -0.4 is 14.4 Å². The van der Waals surface area contributed by atoms with Crippen LogP contribution in [-0.4, -0.2) is 51.4 Å². The summed E-state index contributed by atoms with van der Waals surface area (Å²) in [5, 5.41) is 3.00. The third kappa shape index (κ3) is 9.18. The minimum absolute atomic E-state index is 0.00834. The summed E-state index contributed by atoms with van der Waals surface area (Å²) >= 11 is 3.50. The maximum atomic E-state index is 14.5. The van der Waals surface area contributed by atoms with E-state index in [-0.39, 0.29) is 29.7 Å². The summed E-state index contributed by atoms with van der Waals surface area (Å²) < 4.78 is 35.3. The van der Waals surface area contributed by atoms with Gasteiger partial charge in [-0.2, -0.15) is 0 Å². The number of carbonyl (C=O) groups excluding carboxylic acids is 2. The van der Waals surface area contributed by atoms with Gasteiger partial charge in [0, 0.05) is 24.0 Å². The van der Waals surface area contributed by atoms with Crippen molar-refractivity contribution in [3.63, 3.8) is 0 Å². The molecule has 45 heavy (non-hydrogen) atoms. The third-order valence-corrected chi connectivity index (χ3v) is 9.45. The summed E-state index contributed by atoms with van der Waals surface area (Å²) in [5.41, 5.74) is 1.99. The van der Waals surface area contributed by atoms with Crippen LogP contribution >= 0.6 is 15.9 Å². The number of benzene rings is 4. The number of anilines is 1. The van der Waals surface area contributed by atoms with Crippen LogP contribution in [0.2, 0.25) is 0 Å². The van der Waals surface area contributed by atoms with Crippen molar-refractivity contribution < 1.29 is 22.7 Å². The number of amides is 2. The molecule has 236 valence electrons. The standard InChI is InChI=1S/C35H38BrN3O5S/c1-26(2)23-37-35(41)33(22-27-11-6-4-7-12-27)38(24-28-13-10-14-29(36)21-28)34(40)25-39(30-15-8-5-9-16-30)45(42,43)32-19-17-31(44-3)18-20-32/h4-21,26,33H,22-25H2,1-3H3,(H,37,41). The van der Waals surface area contributed by atoms with Gasteiger partial charge in [-0.15, -0.1) is 0 Å². The van der Waals surface area contributed by atoms with E-state index < -0.39 is 28.5 Å². The Kier molecular flexibility index (Phi) is 11.8. The number of rotatable bonds is 14. The van der Waals surface area contributed by atoms with Crippen molar-refractivity contribution in [3.8, 4) is 5.75 Å². The molecule has 8 nitrogen and oxygen atoms in total. The van der Waals surface area contributed by atoms with Gasteiger partial charge in [-0.3, -0.25) is 13.9 Å². The molecule has 0 heterocycles. The average Bonchev–Trinajstić information content (AvgIpc) is 3.04. The van der Waals surface area contributed by atoms with Gasteiger partial charge in [0.15, 0.2) is 0 Å². The molecule has 0 aliphatic rings. The number of ether oxygens (including phenoxy) is 1. The number of hydrogen-bond acceptors (Lipinski definition) is 5. The zero-order valence-corrected chi connectivity index (χ0v) is 28.0. The van der Waals surface area contributed by atoms with Gasteiger partial charge < -0.3 is 15.0 Å². The number of nitrogens with zero attached hydrogens (tertiary/aromatic N) is 2. The molecule has 0 saturated carbocycles.